The van der Waals surface area contributed by atoms with Crippen LogP contribution in [0.25, 0.3) is 27.3 Å². The van der Waals surface area contributed by atoms with Crippen LogP contribution in [0.15, 0.2) is 50.9 Å². The molecule has 10 heteroatoms. The van der Waals surface area contributed by atoms with Crippen LogP contribution in [0.3, 0.4) is 0 Å². The lowest BCUT2D eigenvalue weighted by molar-refractivity contribution is -0.120. The molecular formula is C30H25BrFN5O2S. The molecule has 2 aromatic carbocycles. The minimum atomic E-state index is -0.447. The van der Waals surface area contributed by atoms with E-state index in [0.717, 1.165) is 43.3 Å². The number of aromatic nitrogens is 4. The van der Waals surface area contributed by atoms with Crippen LogP contribution in [0.5, 0.6) is 0 Å². The minimum absolute atomic E-state index is 0.0709. The molecule has 0 unspecified atom stereocenters. The quantitative estimate of drug-likeness (QED) is 0.193. The number of halogens is 2. The Labute approximate surface area is 243 Å². The third-order valence-corrected chi connectivity index (χ3v) is 8.57. The lowest BCUT2D eigenvalue weighted by atomic mass is 9.99. The predicted octanol–water partition coefficient (Wildman–Crippen LogP) is 7.68. The van der Waals surface area contributed by atoms with Gasteiger partial charge in [-0.15, -0.1) is 11.3 Å². The van der Waals surface area contributed by atoms with Gasteiger partial charge >= 0.3 is 0 Å². The number of anilines is 1. The van der Waals surface area contributed by atoms with Gasteiger partial charge in [-0.25, -0.2) is 14.4 Å². The third kappa shape index (κ3) is 4.63. The van der Waals surface area contributed by atoms with E-state index in [-0.39, 0.29) is 5.91 Å². The summed E-state index contributed by atoms with van der Waals surface area (Å²) < 4.78 is 23.2. The number of amides is 1. The highest BCUT2D eigenvalue weighted by molar-refractivity contribution is 9.10. The Morgan fingerprint density at radius 3 is 2.75 bits per heavy atom. The van der Waals surface area contributed by atoms with Gasteiger partial charge in [0.25, 0.3) is 0 Å². The highest BCUT2D eigenvalue weighted by Gasteiger charge is 2.35. The molecule has 1 amide bonds. The number of carbonyl (C=O) groups excluding carboxylic acids is 1. The molecule has 0 saturated carbocycles. The molecule has 0 aliphatic carbocycles. The van der Waals surface area contributed by atoms with Crippen molar-refractivity contribution in [1.82, 2.24) is 19.7 Å². The van der Waals surface area contributed by atoms with Gasteiger partial charge in [0.05, 0.1) is 28.3 Å². The van der Waals surface area contributed by atoms with E-state index in [1.165, 1.54) is 17.4 Å². The molecule has 4 heterocycles. The number of benzene rings is 2. The number of thiazole rings is 1. The summed E-state index contributed by atoms with van der Waals surface area (Å²) in [7, 11) is 0. The number of hydrogen-bond donors (Lipinski definition) is 0. The Bertz CT molecular complexity index is 1810. The van der Waals surface area contributed by atoms with Crippen molar-refractivity contribution in [1.29, 1.82) is 0 Å². The fourth-order valence-electron chi connectivity index (χ4n) is 5.30. The van der Waals surface area contributed by atoms with Crippen LogP contribution in [0.4, 0.5) is 10.1 Å². The van der Waals surface area contributed by atoms with Crippen molar-refractivity contribution < 1.29 is 13.7 Å². The highest BCUT2D eigenvalue weighted by atomic mass is 79.9. The number of fused-ring (bicyclic) bond motifs is 1. The van der Waals surface area contributed by atoms with E-state index >= 15 is 4.39 Å². The topological polar surface area (TPSA) is 77.0 Å². The zero-order chi connectivity index (χ0) is 28.0. The Morgan fingerprint density at radius 2 is 2.05 bits per heavy atom. The Kier molecular flexibility index (Phi) is 7.02. The predicted molar refractivity (Wildman–Crippen MR) is 157 cm³/mol. The van der Waals surface area contributed by atoms with Crippen molar-refractivity contribution in [2.45, 2.75) is 52.5 Å². The van der Waals surface area contributed by atoms with E-state index in [4.69, 9.17) is 9.51 Å². The third-order valence-electron chi connectivity index (χ3n) is 7.04. The first-order valence-electron chi connectivity index (χ1n) is 13.0. The van der Waals surface area contributed by atoms with E-state index in [1.54, 1.807) is 17.0 Å². The lowest BCUT2D eigenvalue weighted by Gasteiger charge is -2.35. The molecule has 0 bridgehead atoms. The summed E-state index contributed by atoms with van der Waals surface area (Å²) in [6.07, 6.45) is 2.40. The first-order chi connectivity index (χ1) is 19.4. The fraction of sp³-hybridized carbons (Fsp3) is 0.267. The number of rotatable bonds is 4. The van der Waals surface area contributed by atoms with Crippen LogP contribution in [-0.2, 0) is 4.79 Å². The van der Waals surface area contributed by atoms with Crippen molar-refractivity contribution in [3.05, 3.63) is 75.0 Å². The number of hydrogen-bond acceptors (Lipinski definition) is 6. The maximum Gasteiger partial charge on any atom is 0.227 e. The Hall–Kier alpha value is -3.81. The molecule has 0 spiro atoms. The first kappa shape index (κ1) is 26.4. The van der Waals surface area contributed by atoms with Gasteiger partial charge in [-0.3, -0.25) is 9.36 Å². The lowest BCUT2D eigenvalue weighted by Crippen LogP contribution is -2.39. The minimum Gasteiger partial charge on any atom is -0.361 e. The number of carbonyl (C=O) groups is 1. The molecular weight excluding hydrogens is 593 g/mol. The average molecular weight is 619 g/mol. The first-order valence-corrected chi connectivity index (χ1v) is 14.7. The monoisotopic (exact) mass is 617 g/mol. The molecule has 202 valence electrons. The second-order valence-corrected chi connectivity index (χ2v) is 11.3. The fourth-order valence-corrected chi connectivity index (χ4v) is 6.57. The molecule has 40 heavy (non-hydrogen) atoms. The summed E-state index contributed by atoms with van der Waals surface area (Å²) in [4.78, 5) is 24.9. The zero-order valence-electron chi connectivity index (χ0n) is 22.2. The van der Waals surface area contributed by atoms with Gasteiger partial charge in [0, 0.05) is 29.5 Å². The van der Waals surface area contributed by atoms with E-state index in [9.17, 15) is 4.79 Å². The van der Waals surface area contributed by atoms with Crippen LogP contribution >= 0.6 is 27.3 Å². The molecule has 1 fully saturated rings. The van der Waals surface area contributed by atoms with Crippen molar-refractivity contribution in [2.24, 2.45) is 0 Å². The SMILES string of the molecule is CCC#Cc1ccc(N2C(=O)CCC[C@H]2c2nc3cc(-c4c(C)noc4C)ccc3n2-c2nc(Br)cs2)cc1F. The zero-order valence-corrected chi connectivity index (χ0v) is 24.6. The van der Waals surface area contributed by atoms with Gasteiger partial charge in [0.2, 0.25) is 5.91 Å². The average Bonchev–Trinajstić information content (AvgIpc) is 3.63. The van der Waals surface area contributed by atoms with Crippen LogP contribution in [0.2, 0.25) is 0 Å². The molecule has 7 nitrogen and oxygen atoms in total. The maximum absolute atomic E-state index is 15.1. The van der Waals surface area contributed by atoms with Crippen LogP contribution in [0.1, 0.15) is 61.5 Å². The molecule has 0 radical (unpaired) electrons. The van der Waals surface area contributed by atoms with E-state index < -0.39 is 11.9 Å². The summed E-state index contributed by atoms with van der Waals surface area (Å²) >= 11 is 4.96. The Balaban J connectivity index is 1.52. The standard InChI is InChI=1S/C30H25BrFN5O2S/c1-4-5-7-19-10-12-21(15-22(19)32)36-25(8-6-9-27(36)38)29-33-23-14-20(28-17(2)35-39-18(28)3)11-13-24(23)37(29)30-34-26(31)16-40-30/h10-16,25H,4,6,8-9H2,1-3H3/t25-/m0/s1. The van der Waals surface area contributed by atoms with Gasteiger partial charge in [0.15, 0.2) is 5.13 Å². The molecule has 3 aromatic heterocycles. The van der Waals surface area contributed by atoms with Crippen LogP contribution in [-0.4, -0.2) is 25.6 Å². The second kappa shape index (κ2) is 10.6. The smallest absolute Gasteiger partial charge is 0.227 e. The summed E-state index contributed by atoms with van der Waals surface area (Å²) in [5.74, 6) is 6.66. The molecule has 1 aliphatic heterocycles. The number of aryl methyl sites for hydroxylation is 2. The van der Waals surface area contributed by atoms with Crippen LogP contribution < -0.4 is 4.90 Å². The summed E-state index contributed by atoms with van der Waals surface area (Å²) in [5, 5.41) is 6.74. The van der Waals surface area contributed by atoms with E-state index in [0.29, 0.717) is 42.8 Å². The van der Waals surface area contributed by atoms with E-state index in [1.807, 2.05) is 48.9 Å². The molecule has 1 atom stereocenters. The maximum atomic E-state index is 15.1. The molecule has 0 N–H and O–H groups in total. The number of nitrogens with zero attached hydrogens (tertiary/aromatic N) is 5. The van der Waals surface area contributed by atoms with Gasteiger partial charge in [-0.1, -0.05) is 30.0 Å². The number of piperidine rings is 1. The normalized spacial score (nSPS) is 15.5. The largest absolute Gasteiger partial charge is 0.361 e. The van der Waals surface area contributed by atoms with Crippen molar-refractivity contribution in [3.63, 3.8) is 0 Å². The summed E-state index contributed by atoms with van der Waals surface area (Å²) in [6, 6.07) is 10.4. The van der Waals surface area contributed by atoms with Gasteiger partial charge in [-0.05, 0) is 78.5 Å². The number of imidazole rings is 1. The van der Waals surface area contributed by atoms with E-state index in [2.05, 4.69) is 37.9 Å². The summed E-state index contributed by atoms with van der Waals surface area (Å²) in [6.45, 7) is 5.72. The molecule has 1 aliphatic rings. The second-order valence-electron chi connectivity index (χ2n) is 9.65. The molecule has 6 rings (SSSR count). The summed E-state index contributed by atoms with van der Waals surface area (Å²) in [5.41, 5.74) is 5.12. The van der Waals surface area contributed by atoms with Gasteiger partial charge in [0.1, 0.15) is 22.0 Å². The van der Waals surface area contributed by atoms with Gasteiger partial charge in [-0.2, -0.15) is 0 Å². The van der Waals surface area contributed by atoms with Crippen molar-refractivity contribution >= 4 is 49.9 Å². The van der Waals surface area contributed by atoms with Crippen molar-refractivity contribution in [3.8, 4) is 28.1 Å². The van der Waals surface area contributed by atoms with Gasteiger partial charge < -0.3 is 9.42 Å². The highest BCUT2D eigenvalue weighted by Crippen LogP contribution is 2.40. The molecule has 1 saturated heterocycles. The van der Waals surface area contributed by atoms with Crippen LogP contribution in [0, 0.1) is 31.5 Å². The molecule has 5 aromatic rings. The Morgan fingerprint density at radius 1 is 1.20 bits per heavy atom. The van der Waals surface area contributed by atoms with Crippen molar-refractivity contribution in [2.75, 3.05) is 4.90 Å².